The summed E-state index contributed by atoms with van der Waals surface area (Å²) < 4.78 is 6.31. The zero-order chi connectivity index (χ0) is 20.2. The minimum atomic E-state index is 0.0296. The van der Waals surface area contributed by atoms with Crippen LogP contribution in [-0.2, 0) is 10.2 Å². The highest BCUT2D eigenvalue weighted by Gasteiger charge is 2.48. The molecule has 2 aliphatic rings. The molecule has 6 heteroatoms. The summed E-state index contributed by atoms with van der Waals surface area (Å²) in [5.74, 6) is 0. The van der Waals surface area contributed by atoms with Crippen LogP contribution in [0.1, 0.15) is 61.9 Å². The fraction of sp³-hybridized carbons (Fsp3) is 0.522. The molecule has 1 aliphatic heterocycles. The van der Waals surface area contributed by atoms with Gasteiger partial charge in [-0.15, -0.1) is 0 Å². The predicted octanol–water partition coefficient (Wildman–Crippen LogP) is 4.02. The number of aryl methyl sites for hydroxylation is 1. The van der Waals surface area contributed by atoms with Crippen molar-refractivity contribution in [1.29, 1.82) is 5.26 Å². The van der Waals surface area contributed by atoms with Gasteiger partial charge in [0.1, 0.15) is 6.07 Å². The first-order valence-electron chi connectivity index (χ1n) is 10.6. The largest absolute Gasteiger partial charge is 0.375 e. The van der Waals surface area contributed by atoms with E-state index in [1.54, 1.807) is 6.20 Å². The molecule has 2 aromatic heterocycles. The second kappa shape index (κ2) is 8.48. The number of aromatic nitrogens is 2. The highest BCUT2D eigenvalue weighted by Crippen LogP contribution is 2.49. The van der Waals surface area contributed by atoms with Gasteiger partial charge in [-0.05, 0) is 57.2 Å². The van der Waals surface area contributed by atoms with E-state index in [0.29, 0.717) is 5.56 Å². The predicted molar refractivity (Wildman–Crippen MR) is 112 cm³/mol. The fourth-order valence-corrected chi connectivity index (χ4v) is 4.98. The van der Waals surface area contributed by atoms with E-state index in [-0.39, 0.29) is 11.0 Å². The number of anilines is 1. The maximum absolute atomic E-state index is 9.19. The van der Waals surface area contributed by atoms with Gasteiger partial charge >= 0.3 is 0 Å². The van der Waals surface area contributed by atoms with Gasteiger partial charge in [0, 0.05) is 30.5 Å². The standard InChI is InChI=1S/C23H29N5O/c1-18-19(15-24)14-20(16-26-18)28-27-12-9-22(21-6-2-5-11-25-21)10-13-29-23(17-22)7-3-4-8-23/h2,5-6,11,14,16,27-28H,3-4,7-10,12-13,17H2,1H3/t22-/m1/s1. The van der Waals surface area contributed by atoms with Crippen LogP contribution in [0.3, 0.4) is 0 Å². The van der Waals surface area contributed by atoms with Crippen molar-refractivity contribution in [3.8, 4) is 6.07 Å². The Morgan fingerprint density at radius 3 is 2.83 bits per heavy atom. The van der Waals surface area contributed by atoms with E-state index in [0.717, 1.165) is 43.8 Å². The molecule has 0 aromatic carbocycles. The van der Waals surface area contributed by atoms with Gasteiger partial charge in [0.15, 0.2) is 0 Å². The van der Waals surface area contributed by atoms with Gasteiger partial charge in [0.2, 0.25) is 0 Å². The van der Waals surface area contributed by atoms with E-state index < -0.39 is 0 Å². The van der Waals surface area contributed by atoms with E-state index in [2.05, 4.69) is 34.0 Å². The molecule has 29 heavy (non-hydrogen) atoms. The first kappa shape index (κ1) is 19.8. The van der Waals surface area contributed by atoms with Crippen molar-refractivity contribution in [3.05, 3.63) is 53.6 Å². The molecule has 2 N–H and O–H groups in total. The Bertz CT molecular complexity index is 873. The fourth-order valence-electron chi connectivity index (χ4n) is 4.98. The number of nitrogens with one attached hydrogen (secondary N) is 2. The van der Waals surface area contributed by atoms with Crippen molar-refractivity contribution in [2.75, 3.05) is 18.6 Å². The first-order chi connectivity index (χ1) is 14.1. The van der Waals surface area contributed by atoms with Crippen LogP contribution in [0.25, 0.3) is 0 Å². The monoisotopic (exact) mass is 391 g/mol. The third-order valence-electron chi connectivity index (χ3n) is 6.54. The third kappa shape index (κ3) is 4.26. The molecular weight excluding hydrogens is 362 g/mol. The lowest BCUT2D eigenvalue weighted by molar-refractivity contribution is -0.104. The molecule has 6 nitrogen and oxygen atoms in total. The SMILES string of the molecule is Cc1ncc(NNCC[C@@]2(c3ccccn3)CCOC3(CCCC3)C2)cc1C#N. The van der Waals surface area contributed by atoms with Gasteiger partial charge in [-0.25, -0.2) is 5.43 Å². The summed E-state index contributed by atoms with van der Waals surface area (Å²) in [5.41, 5.74) is 9.91. The third-order valence-corrected chi connectivity index (χ3v) is 6.54. The van der Waals surface area contributed by atoms with E-state index in [1.807, 2.05) is 25.3 Å². The summed E-state index contributed by atoms with van der Waals surface area (Å²) in [7, 11) is 0. The maximum Gasteiger partial charge on any atom is 0.101 e. The molecule has 4 rings (SSSR count). The number of hydrazine groups is 1. The molecule has 1 saturated carbocycles. The lowest BCUT2D eigenvalue weighted by Crippen LogP contribution is -2.47. The molecule has 2 aromatic rings. The average Bonchev–Trinajstić information content (AvgIpc) is 3.20. The van der Waals surface area contributed by atoms with E-state index in [4.69, 9.17) is 9.72 Å². The number of pyridine rings is 2. The first-order valence-corrected chi connectivity index (χ1v) is 10.6. The summed E-state index contributed by atoms with van der Waals surface area (Å²) in [6.07, 6.45) is 11.5. The molecule has 1 spiro atoms. The zero-order valence-corrected chi connectivity index (χ0v) is 17.1. The molecule has 0 radical (unpaired) electrons. The molecule has 0 unspecified atom stereocenters. The maximum atomic E-state index is 9.19. The quantitative estimate of drug-likeness (QED) is 0.572. The number of nitrogens with zero attached hydrogens (tertiary/aromatic N) is 3. The normalized spacial score (nSPS) is 23.0. The average molecular weight is 392 g/mol. The number of nitriles is 1. The van der Waals surface area contributed by atoms with Crippen molar-refractivity contribution < 1.29 is 4.74 Å². The molecule has 3 heterocycles. The molecule has 152 valence electrons. The minimum Gasteiger partial charge on any atom is -0.375 e. The summed E-state index contributed by atoms with van der Waals surface area (Å²) in [5, 5.41) is 9.19. The Kier molecular flexibility index (Phi) is 5.79. The van der Waals surface area contributed by atoms with Crippen LogP contribution < -0.4 is 10.9 Å². The highest BCUT2D eigenvalue weighted by molar-refractivity contribution is 5.48. The number of hydrogen-bond donors (Lipinski definition) is 2. The molecule has 1 saturated heterocycles. The summed E-state index contributed by atoms with van der Waals surface area (Å²) in [6.45, 7) is 3.44. The van der Waals surface area contributed by atoms with Crippen LogP contribution in [0.15, 0.2) is 36.7 Å². The van der Waals surface area contributed by atoms with Crippen LogP contribution in [0.4, 0.5) is 5.69 Å². The van der Waals surface area contributed by atoms with Crippen molar-refractivity contribution in [3.63, 3.8) is 0 Å². The molecule has 0 amide bonds. The van der Waals surface area contributed by atoms with Crippen LogP contribution in [0.5, 0.6) is 0 Å². The van der Waals surface area contributed by atoms with Gasteiger partial charge in [-0.3, -0.25) is 9.97 Å². The molecule has 1 aliphatic carbocycles. The summed E-state index contributed by atoms with van der Waals surface area (Å²) in [6, 6.07) is 10.3. The number of rotatable bonds is 6. The Hall–Kier alpha value is -2.49. The topological polar surface area (TPSA) is 82.9 Å². The van der Waals surface area contributed by atoms with E-state index >= 15 is 0 Å². The van der Waals surface area contributed by atoms with Crippen LogP contribution in [-0.4, -0.2) is 28.7 Å². The van der Waals surface area contributed by atoms with Crippen molar-refractivity contribution in [2.24, 2.45) is 0 Å². The van der Waals surface area contributed by atoms with Gasteiger partial charge in [-0.2, -0.15) is 5.26 Å². The van der Waals surface area contributed by atoms with Gasteiger partial charge in [0.25, 0.3) is 0 Å². The van der Waals surface area contributed by atoms with Crippen molar-refractivity contribution in [1.82, 2.24) is 15.4 Å². The van der Waals surface area contributed by atoms with E-state index in [1.165, 1.54) is 31.4 Å². The number of ether oxygens (including phenoxy) is 1. The zero-order valence-electron chi connectivity index (χ0n) is 17.1. The lowest BCUT2D eigenvalue weighted by Gasteiger charge is -2.46. The van der Waals surface area contributed by atoms with Gasteiger partial charge in [0.05, 0.1) is 28.7 Å². The molecule has 2 fully saturated rings. The van der Waals surface area contributed by atoms with Gasteiger partial charge in [-0.1, -0.05) is 18.9 Å². The Morgan fingerprint density at radius 2 is 2.07 bits per heavy atom. The molecule has 0 bridgehead atoms. The minimum absolute atomic E-state index is 0.0296. The highest BCUT2D eigenvalue weighted by atomic mass is 16.5. The van der Waals surface area contributed by atoms with E-state index in [9.17, 15) is 5.26 Å². The van der Waals surface area contributed by atoms with Crippen molar-refractivity contribution >= 4 is 5.69 Å². The van der Waals surface area contributed by atoms with Gasteiger partial charge < -0.3 is 10.2 Å². The Morgan fingerprint density at radius 1 is 1.21 bits per heavy atom. The summed E-state index contributed by atoms with van der Waals surface area (Å²) in [4.78, 5) is 9.02. The smallest absolute Gasteiger partial charge is 0.101 e. The second-order valence-electron chi connectivity index (χ2n) is 8.43. The summed E-state index contributed by atoms with van der Waals surface area (Å²) >= 11 is 0. The number of hydrogen-bond acceptors (Lipinski definition) is 6. The van der Waals surface area contributed by atoms with Crippen LogP contribution in [0.2, 0.25) is 0 Å². The Labute approximate surface area is 172 Å². The van der Waals surface area contributed by atoms with Crippen LogP contribution >= 0.6 is 0 Å². The molecular formula is C23H29N5O. The lowest BCUT2D eigenvalue weighted by atomic mass is 9.68. The van der Waals surface area contributed by atoms with Crippen molar-refractivity contribution in [2.45, 2.75) is 62.9 Å². The van der Waals surface area contributed by atoms with Crippen LogP contribution in [0, 0.1) is 18.3 Å². The Balaban J connectivity index is 1.45. The molecule has 1 atom stereocenters. The second-order valence-corrected chi connectivity index (χ2v) is 8.43.